The minimum Gasteiger partial charge on any atom is -0.395 e. The molecule has 0 amide bonds. The third kappa shape index (κ3) is 3.20. The Morgan fingerprint density at radius 1 is 1.38 bits per heavy atom. The second kappa shape index (κ2) is 6.29. The number of likely N-dealkylation sites (N-methyl/N-ethyl adjacent to an activating group) is 1. The van der Waals surface area contributed by atoms with Crippen LogP contribution in [0.2, 0.25) is 0 Å². The van der Waals surface area contributed by atoms with Gasteiger partial charge in [0.1, 0.15) is 10.7 Å². The molecule has 0 aromatic heterocycles. The monoisotopic (exact) mass is 315 g/mol. The molecule has 1 aromatic rings. The maximum Gasteiger partial charge on any atom is 0.245 e. The fourth-order valence-corrected chi connectivity index (χ4v) is 4.60. The summed E-state index contributed by atoms with van der Waals surface area (Å²) in [6.45, 7) is 3.91. The van der Waals surface area contributed by atoms with Crippen LogP contribution in [-0.4, -0.2) is 50.3 Å². The average Bonchev–Trinajstić information content (AvgIpc) is 2.63. The van der Waals surface area contributed by atoms with Gasteiger partial charge in [-0.1, -0.05) is 13.0 Å². The van der Waals surface area contributed by atoms with E-state index in [1.807, 2.05) is 14.0 Å². The van der Waals surface area contributed by atoms with Crippen molar-refractivity contribution in [3.63, 3.8) is 0 Å². The van der Waals surface area contributed by atoms with E-state index in [0.717, 1.165) is 13.0 Å². The fourth-order valence-electron chi connectivity index (χ4n) is 2.74. The average molecular weight is 315 g/mol. The molecule has 1 aliphatic heterocycles. The van der Waals surface area contributed by atoms with Crippen LogP contribution in [0.3, 0.4) is 0 Å². The standard InChI is InChI=1S/C14H22FN3O2S/c1-3-11-10-17(2)8-5-9-18(11)21(19,20)13-7-4-6-12(15)14(13)16/h4,6-7,11H,3,5,8-10,16H2,1-2H3. The highest BCUT2D eigenvalue weighted by Crippen LogP contribution is 2.28. The van der Waals surface area contributed by atoms with Crippen molar-refractivity contribution in [2.75, 3.05) is 32.4 Å². The lowest BCUT2D eigenvalue weighted by molar-refractivity contribution is 0.270. The van der Waals surface area contributed by atoms with E-state index in [1.54, 1.807) is 0 Å². The minimum absolute atomic E-state index is 0.120. The Hall–Kier alpha value is -1.18. The highest BCUT2D eigenvalue weighted by molar-refractivity contribution is 7.89. The number of rotatable bonds is 3. The van der Waals surface area contributed by atoms with Crippen LogP contribution in [0, 0.1) is 5.82 Å². The molecule has 21 heavy (non-hydrogen) atoms. The zero-order valence-corrected chi connectivity index (χ0v) is 13.2. The van der Waals surface area contributed by atoms with Crippen molar-refractivity contribution in [2.24, 2.45) is 0 Å². The smallest absolute Gasteiger partial charge is 0.245 e. The number of hydrogen-bond acceptors (Lipinski definition) is 4. The van der Waals surface area contributed by atoms with Gasteiger partial charge in [-0.05, 0) is 38.6 Å². The van der Waals surface area contributed by atoms with Crippen LogP contribution >= 0.6 is 0 Å². The van der Waals surface area contributed by atoms with E-state index >= 15 is 0 Å². The number of nitrogens with two attached hydrogens (primary N) is 1. The van der Waals surface area contributed by atoms with Crippen LogP contribution in [0.1, 0.15) is 19.8 Å². The van der Waals surface area contributed by atoms with Gasteiger partial charge in [-0.2, -0.15) is 4.31 Å². The number of halogens is 1. The van der Waals surface area contributed by atoms with Crippen LogP contribution in [-0.2, 0) is 10.0 Å². The summed E-state index contributed by atoms with van der Waals surface area (Å²) in [5.74, 6) is -0.698. The van der Waals surface area contributed by atoms with Crippen LogP contribution in [0.4, 0.5) is 10.1 Å². The summed E-state index contributed by atoms with van der Waals surface area (Å²) >= 11 is 0. The van der Waals surface area contributed by atoms with Crippen molar-refractivity contribution in [3.05, 3.63) is 24.0 Å². The third-order valence-electron chi connectivity index (χ3n) is 3.92. The molecule has 0 spiro atoms. The zero-order chi connectivity index (χ0) is 15.6. The Kier molecular flexibility index (Phi) is 4.85. The maximum atomic E-state index is 13.6. The van der Waals surface area contributed by atoms with Crippen LogP contribution in [0.5, 0.6) is 0 Å². The van der Waals surface area contributed by atoms with Gasteiger partial charge in [-0.15, -0.1) is 0 Å². The molecular formula is C14H22FN3O2S. The van der Waals surface area contributed by atoms with Gasteiger partial charge in [0.2, 0.25) is 10.0 Å². The van der Waals surface area contributed by atoms with Gasteiger partial charge < -0.3 is 10.6 Å². The first-order valence-corrected chi connectivity index (χ1v) is 8.56. The fraction of sp³-hybridized carbons (Fsp3) is 0.571. The number of anilines is 1. The number of nitrogens with zero attached hydrogens (tertiary/aromatic N) is 2. The zero-order valence-electron chi connectivity index (χ0n) is 12.4. The van der Waals surface area contributed by atoms with Gasteiger partial charge >= 0.3 is 0 Å². The summed E-state index contributed by atoms with van der Waals surface area (Å²) in [5, 5.41) is 0. The summed E-state index contributed by atoms with van der Waals surface area (Å²) in [7, 11) is -1.80. The SMILES string of the molecule is CCC1CN(C)CCCN1S(=O)(=O)c1cccc(F)c1N. The summed E-state index contributed by atoms with van der Waals surface area (Å²) in [5.41, 5.74) is 5.34. The molecule has 7 heteroatoms. The van der Waals surface area contributed by atoms with E-state index in [1.165, 1.54) is 22.5 Å². The van der Waals surface area contributed by atoms with E-state index in [-0.39, 0.29) is 16.6 Å². The Labute approximate surface area is 125 Å². The molecule has 2 rings (SSSR count). The van der Waals surface area contributed by atoms with Crippen molar-refractivity contribution in [2.45, 2.75) is 30.7 Å². The molecule has 0 saturated carbocycles. The molecule has 5 nitrogen and oxygen atoms in total. The summed E-state index contributed by atoms with van der Waals surface area (Å²) < 4.78 is 40.8. The molecular weight excluding hydrogens is 293 g/mol. The van der Waals surface area contributed by atoms with E-state index in [9.17, 15) is 12.8 Å². The van der Waals surface area contributed by atoms with Crippen molar-refractivity contribution in [1.82, 2.24) is 9.21 Å². The van der Waals surface area contributed by atoms with E-state index < -0.39 is 15.8 Å². The third-order valence-corrected chi connectivity index (χ3v) is 5.93. The largest absolute Gasteiger partial charge is 0.395 e. The van der Waals surface area contributed by atoms with Gasteiger partial charge in [0.05, 0.1) is 5.69 Å². The molecule has 1 unspecified atom stereocenters. The quantitative estimate of drug-likeness (QED) is 0.859. The first-order valence-electron chi connectivity index (χ1n) is 7.12. The van der Waals surface area contributed by atoms with E-state index in [2.05, 4.69) is 4.90 Å². The van der Waals surface area contributed by atoms with Gasteiger partial charge in [-0.3, -0.25) is 0 Å². The lowest BCUT2D eigenvalue weighted by Gasteiger charge is -2.29. The highest BCUT2D eigenvalue weighted by Gasteiger charge is 2.34. The van der Waals surface area contributed by atoms with Crippen LogP contribution < -0.4 is 5.73 Å². The van der Waals surface area contributed by atoms with Crippen molar-refractivity contribution in [3.8, 4) is 0 Å². The number of para-hydroxylation sites is 1. The van der Waals surface area contributed by atoms with Crippen molar-refractivity contribution in [1.29, 1.82) is 0 Å². The molecule has 1 heterocycles. The van der Waals surface area contributed by atoms with Gasteiger partial charge in [0.15, 0.2) is 0 Å². The second-order valence-electron chi connectivity index (χ2n) is 5.45. The lowest BCUT2D eigenvalue weighted by Crippen LogP contribution is -2.43. The van der Waals surface area contributed by atoms with Gasteiger partial charge in [-0.25, -0.2) is 12.8 Å². The molecule has 0 radical (unpaired) electrons. The number of hydrogen-bond donors (Lipinski definition) is 1. The molecule has 1 fully saturated rings. The lowest BCUT2D eigenvalue weighted by atomic mass is 10.2. The normalized spacial score (nSPS) is 22.1. The predicted molar refractivity (Wildman–Crippen MR) is 80.9 cm³/mol. The Balaban J connectivity index is 2.43. The summed E-state index contributed by atoms with van der Waals surface area (Å²) in [6.07, 6.45) is 1.46. The van der Waals surface area contributed by atoms with E-state index in [4.69, 9.17) is 5.73 Å². The second-order valence-corrected chi connectivity index (χ2v) is 7.30. The van der Waals surface area contributed by atoms with Crippen molar-refractivity contribution < 1.29 is 12.8 Å². The van der Waals surface area contributed by atoms with Crippen LogP contribution in [0.15, 0.2) is 23.1 Å². The molecule has 0 aliphatic carbocycles. The van der Waals surface area contributed by atoms with Gasteiger partial charge in [0.25, 0.3) is 0 Å². The first-order chi connectivity index (χ1) is 9.87. The maximum absolute atomic E-state index is 13.6. The molecule has 2 N–H and O–H groups in total. The van der Waals surface area contributed by atoms with Crippen molar-refractivity contribution >= 4 is 15.7 Å². The van der Waals surface area contributed by atoms with Crippen LogP contribution in [0.25, 0.3) is 0 Å². The molecule has 0 bridgehead atoms. The predicted octanol–water partition coefficient (Wildman–Crippen LogP) is 1.51. The highest BCUT2D eigenvalue weighted by atomic mass is 32.2. The Morgan fingerprint density at radius 2 is 2.10 bits per heavy atom. The molecule has 1 aliphatic rings. The van der Waals surface area contributed by atoms with E-state index in [0.29, 0.717) is 19.5 Å². The Morgan fingerprint density at radius 3 is 2.76 bits per heavy atom. The summed E-state index contributed by atoms with van der Waals surface area (Å²) in [4.78, 5) is 1.99. The molecule has 1 saturated heterocycles. The topological polar surface area (TPSA) is 66.6 Å². The number of sulfonamides is 1. The molecule has 118 valence electrons. The number of benzene rings is 1. The summed E-state index contributed by atoms with van der Waals surface area (Å²) in [6, 6.07) is 3.80. The van der Waals surface area contributed by atoms with Gasteiger partial charge in [0, 0.05) is 19.1 Å². The molecule has 1 atom stereocenters. The Bertz CT molecular complexity index is 606. The molecule has 1 aromatic carbocycles. The number of nitrogen functional groups attached to an aromatic ring is 1. The minimum atomic E-state index is -3.78. The first kappa shape index (κ1) is 16.2.